The number of aromatic nitrogens is 2. The molecule has 2 aliphatic carbocycles. The molecule has 208 valence electrons. The molecule has 0 saturated heterocycles. The maximum Gasteiger partial charge on any atom is 0.255 e. The molecule has 1 aromatic carbocycles. The maximum atomic E-state index is 14.6. The molecule has 0 unspecified atom stereocenters. The quantitative estimate of drug-likeness (QED) is 0.326. The van der Waals surface area contributed by atoms with Crippen LogP contribution >= 0.6 is 0 Å². The average molecular weight is 539 g/mol. The number of aryl methyl sites for hydroxylation is 1. The molecule has 10 heteroatoms. The Morgan fingerprint density at radius 3 is 2.44 bits per heavy atom. The Labute approximate surface area is 226 Å². The highest BCUT2D eigenvalue weighted by Crippen LogP contribution is 2.40. The van der Waals surface area contributed by atoms with Crippen molar-refractivity contribution in [1.82, 2.24) is 20.6 Å². The van der Waals surface area contributed by atoms with Crippen LogP contribution in [0.2, 0.25) is 0 Å². The Kier molecular flexibility index (Phi) is 7.74. The SMILES string of the molecule is COc1cc(-c2ccnc3c(C(=O)N[C@H]4CC[C@H](NC(=O)[C@H](C)O)CC4)c(C)[nH]c23)c(OCC2CC2)cc1F. The maximum absolute atomic E-state index is 14.6. The number of hydrogen-bond donors (Lipinski definition) is 4. The van der Waals surface area contributed by atoms with Crippen LogP contribution in [0.4, 0.5) is 4.39 Å². The largest absolute Gasteiger partial charge is 0.494 e. The van der Waals surface area contributed by atoms with Crippen LogP contribution in [0.5, 0.6) is 11.5 Å². The van der Waals surface area contributed by atoms with Gasteiger partial charge in [-0.15, -0.1) is 0 Å². The summed E-state index contributed by atoms with van der Waals surface area (Å²) in [5, 5.41) is 15.4. The zero-order valence-electron chi connectivity index (χ0n) is 22.5. The number of H-pyrrole nitrogens is 1. The number of nitrogens with one attached hydrogen (secondary N) is 3. The van der Waals surface area contributed by atoms with Gasteiger partial charge in [-0.2, -0.15) is 0 Å². The number of aliphatic hydroxyl groups excluding tert-OH is 1. The summed E-state index contributed by atoms with van der Waals surface area (Å²) in [4.78, 5) is 33.1. The molecule has 2 aromatic heterocycles. The molecule has 3 aromatic rings. The third-order valence-corrected chi connectivity index (χ3v) is 7.61. The second-order valence-electron chi connectivity index (χ2n) is 10.7. The molecule has 2 fully saturated rings. The molecule has 39 heavy (non-hydrogen) atoms. The van der Waals surface area contributed by atoms with E-state index in [-0.39, 0.29) is 29.6 Å². The number of pyridine rings is 1. The van der Waals surface area contributed by atoms with Crippen LogP contribution in [0.1, 0.15) is 61.5 Å². The lowest BCUT2D eigenvalue weighted by atomic mass is 9.90. The van der Waals surface area contributed by atoms with E-state index in [9.17, 15) is 19.1 Å². The van der Waals surface area contributed by atoms with Crippen LogP contribution in [0.25, 0.3) is 22.2 Å². The number of nitrogens with zero attached hydrogens (tertiary/aromatic N) is 1. The van der Waals surface area contributed by atoms with Crippen LogP contribution in [0.3, 0.4) is 0 Å². The summed E-state index contributed by atoms with van der Waals surface area (Å²) in [6.07, 6.45) is 5.68. The fourth-order valence-electron chi connectivity index (χ4n) is 5.18. The molecular formula is C29H35FN4O5. The monoisotopic (exact) mass is 538 g/mol. The lowest BCUT2D eigenvalue weighted by Crippen LogP contribution is -2.46. The highest BCUT2D eigenvalue weighted by Gasteiger charge is 2.28. The molecule has 4 N–H and O–H groups in total. The third kappa shape index (κ3) is 5.85. The van der Waals surface area contributed by atoms with Gasteiger partial charge < -0.3 is 30.2 Å². The van der Waals surface area contributed by atoms with Crippen molar-refractivity contribution in [2.24, 2.45) is 5.92 Å². The van der Waals surface area contributed by atoms with Gasteiger partial charge in [0.1, 0.15) is 17.4 Å². The van der Waals surface area contributed by atoms with E-state index in [4.69, 9.17) is 9.47 Å². The van der Waals surface area contributed by atoms with Crippen molar-refractivity contribution < 1.29 is 28.6 Å². The van der Waals surface area contributed by atoms with Gasteiger partial charge in [0.15, 0.2) is 11.6 Å². The molecule has 9 nitrogen and oxygen atoms in total. The summed E-state index contributed by atoms with van der Waals surface area (Å²) in [5.41, 5.74) is 3.72. The summed E-state index contributed by atoms with van der Waals surface area (Å²) in [6, 6.07) is 4.75. The summed E-state index contributed by atoms with van der Waals surface area (Å²) in [6.45, 7) is 3.80. The molecule has 2 amide bonds. The fraction of sp³-hybridized carbons (Fsp3) is 0.483. The number of carbonyl (C=O) groups is 2. The van der Waals surface area contributed by atoms with Crippen molar-refractivity contribution in [3.8, 4) is 22.6 Å². The lowest BCUT2D eigenvalue weighted by Gasteiger charge is -2.30. The van der Waals surface area contributed by atoms with Gasteiger partial charge in [0.2, 0.25) is 5.91 Å². The third-order valence-electron chi connectivity index (χ3n) is 7.61. The van der Waals surface area contributed by atoms with Crippen LogP contribution in [0.15, 0.2) is 24.4 Å². The van der Waals surface area contributed by atoms with E-state index in [0.29, 0.717) is 71.8 Å². The van der Waals surface area contributed by atoms with E-state index in [1.165, 1.54) is 20.1 Å². The topological polar surface area (TPSA) is 126 Å². The summed E-state index contributed by atoms with van der Waals surface area (Å²) in [7, 11) is 1.42. The van der Waals surface area contributed by atoms with Crippen molar-refractivity contribution in [3.63, 3.8) is 0 Å². The second-order valence-corrected chi connectivity index (χ2v) is 10.7. The van der Waals surface area contributed by atoms with Crippen molar-refractivity contribution in [2.75, 3.05) is 13.7 Å². The number of carbonyl (C=O) groups excluding carboxylic acids is 2. The lowest BCUT2D eigenvalue weighted by molar-refractivity contribution is -0.129. The van der Waals surface area contributed by atoms with E-state index in [1.54, 1.807) is 12.3 Å². The zero-order valence-corrected chi connectivity index (χ0v) is 22.5. The standard InChI is InChI=1S/C29H35FN4O5/c1-15-25(29(37)34-19-8-6-18(7-9-19)33-28(36)16(2)35)27-26(32-15)20(10-11-31-27)21-12-24(38-3)22(30)13-23(21)39-14-17-4-5-17/h10-13,16-19,32,35H,4-9,14H2,1-3H3,(H,33,36)(H,34,37)/t16-,18-,19-/m0/s1. The first-order valence-corrected chi connectivity index (χ1v) is 13.5. The van der Waals surface area contributed by atoms with E-state index in [1.807, 2.05) is 13.0 Å². The van der Waals surface area contributed by atoms with Gasteiger partial charge in [-0.1, -0.05) is 0 Å². The molecule has 0 radical (unpaired) electrons. The Bertz CT molecular complexity index is 1380. The predicted molar refractivity (Wildman–Crippen MR) is 144 cm³/mol. The molecule has 5 rings (SSSR count). The Balaban J connectivity index is 1.38. The van der Waals surface area contributed by atoms with Crippen LogP contribution in [0, 0.1) is 18.7 Å². The Morgan fingerprint density at radius 1 is 1.10 bits per heavy atom. The molecule has 0 spiro atoms. The molecule has 1 atom stereocenters. The molecule has 2 heterocycles. The normalized spacial score (nSPS) is 19.9. The molecular weight excluding hydrogens is 503 g/mol. The minimum Gasteiger partial charge on any atom is -0.494 e. The minimum absolute atomic E-state index is 0.0108. The number of amides is 2. The summed E-state index contributed by atoms with van der Waals surface area (Å²) in [5.74, 6) is -0.0747. The number of benzene rings is 1. The molecule has 2 saturated carbocycles. The van der Waals surface area contributed by atoms with Crippen LogP contribution in [-0.2, 0) is 4.79 Å². The number of aliphatic hydroxyl groups is 1. The average Bonchev–Trinajstić information content (AvgIpc) is 3.68. The number of aromatic amines is 1. The number of methoxy groups -OCH3 is 1. The highest BCUT2D eigenvalue weighted by atomic mass is 19.1. The Hall–Kier alpha value is -3.66. The highest BCUT2D eigenvalue weighted by molar-refractivity contribution is 6.09. The van der Waals surface area contributed by atoms with Crippen LogP contribution < -0.4 is 20.1 Å². The number of fused-ring (bicyclic) bond motifs is 1. The van der Waals surface area contributed by atoms with Gasteiger partial charge in [-0.3, -0.25) is 14.6 Å². The first kappa shape index (κ1) is 26.9. The molecule has 0 bridgehead atoms. The predicted octanol–water partition coefficient (Wildman–Crippen LogP) is 4.01. The molecule has 2 aliphatic rings. The van der Waals surface area contributed by atoms with Gasteiger partial charge in [0.25, 0.3) is 5.91 Å². The first-order valence-electron chi connectivity index (χ1n) is 13.5. The number of rotatable bonds is 9. The van der Waals surface area contributed by atoms with Gasteiger partial charge in [0, 0.05) is 41.2 Å². The van der Waals surface area contributed by atoms with Gasteiger partial charge in [-0.25, -0.2) is 4.39 Å². The van der Waals surface area contributed by atoms with Crippen molar-refractivity contribution in [1.29, 1.82) is 0 Å². The second kappa shape index (κ2) is 11.2. The van der Waals surface area contributed by atoms with E-state index < -0.39 is 11.9 Å². The minimum atomic E-state index is -1.04. The van der Waals surface area contributed by atoms with Gasteiger partial charge >= 0.3 is 0 Å². The fourth-order valence-corrected chi connectivity index (χ4v) is 5.18. The van der Waals surface area contributed by atoms with E-state index >= 15 is 0 Å². The molecule has 0 aliphatic heterocycles. The van der Waals surface area contributed by atoms with Crippen molar-refractivity contribution in [3.05, 3.63) is 41.5 Å². The van der Waals surface area contributed by atoms with Crippen molar-refractivity contribution in [2.45, 2.75) is 70.6 Å². The Morgan fingerprint density at radius 2 is 1.79 bits per heavy atom. The summed E-state index contributed by atoms with van der Waals surface area (Å²) >= 11 is 0. The number of halogens is 1. The zero-order chi connectivity index (χ0) is 27.7. The number of hydrogen-bond acceptors (Lipinski definition) is 6. The van der Waals surface area contributed by atoms with Crippen LogP contribution in [-0.4, -0.2) is 58.8 Å². The number of ether oxygens (including phenoxy) is 2. The smallest absolute Gasteiger partial charge is 0.255 e. The van der Waals surface area contributed by atoms with E-state index in [2.05, 4.69) is 20.6 Å². The van der Waals surface area contributed by atoms with E-state index in [0.717, 1.165) is 18.4 Å². The van der Waals surface area contributed by atoms with Gasteiger partial charge in [-0.05, 0) is 70.4 Å². The first-order chi connectivity index (χ1) is 18.7. The van der Waals surface area contributed by atoms with Crippen molar-refractivity contribution >= 4 is 22.8 Å². The summed E-state index contributed by atoms with van der Waals surface area (Å²) < 4.78 is 25.9. The van der Waals surface area contributed by atoms with Gasteiger partial charge in [0.05, 0.1) is 24.8 Å².